The molecule has 5 N–H and O–H groups in total. The van der Waals surface area contributed by atoms with Gasteiger partial charge in [-0.25, -0.2) is 11.3 Å². The van der Waals surface area contributed by atoms with Crippen LogP contribution in [0.4, 0.5) is 0 Å². The lowest BCUT2D eigenvalue weighted by atomic mass is 10.0. The minimum atomic E-state index is 0.362. The zero-order valence-electron chi connectivity index (χ0n) is 10.4. The Kier molecular flexibility index (Phi) is 4.85. The second-order valence-electron chi connectivity index (χ2n) is 4.01. The molecule has 0 atom stereocenters. The van der Waals surface area contributed by atoms with E-state index >= 15 is 0 Å². The highest BCUT2D eigenvalue weighted by molar-refractivity contribution is 7.80. The Morgan fingerprint density at radius 2 is 1.58 bits per heavy atom. The van der Waals surface area contributed by atoms with Gasteiger partial charge in [0.1, 0.15) is 0 Å². The van der Waals surface area contributed by atoms with Gasteiger partial charge in [-0.15, -0.1) is 0 Å². The molecule has 0 saturated carbocycles. The first-order valence-corrected chi connectivity index (χ1v) is 6.34. The predicted molar refractivity (Wildman–Crippen MR) is 81.8 cm³/mol. The lowest BCUT2D eigenvalue weighted by Crippen LogP contribution is -2.46. The number of benzene rings is 2. The van der Waals surface area contributed by atoms with Crippen molar-refractivity contribution in [3.05, 3.63) is 60.2 Å². The van der Waals surface area contributed by atoms with E-state index in [-0.39, 0.29) is 0 Å². The van der Waals surface area contributed by atoms with E-state index < -0.39 is 0 Å². The first-order valence-electron chi connectivity index (χ1n) is 5.93. The van der Waals surface area contributed by atoms with E-state index in [2.05, 4.69) is 52.7 Å². The van der Waals surface area contributed by atoms with Gasteiger partial charge in [0.2, 0.25) is 0 Å². The Labute approximate surface area is 118 Å². The molecule has 2 rings (SSSR count). The van der Waals surface area contributed by atoms with Gasteiger partial charge in [0.15, 0.2) is 5.11 Å². The van der Waals surface area contributed by atoms with E-state index in [4.69, 9.17) is 18.1 Å². The highest BCUT2D eigenvalue weighted by Crippen LogP contribution is 2.18. The zero-order valence-corrected chi connectivity index (χ0v) is 11.2. The molecule has 19 heavy (non-hydrogen) atoms. The fourth-order valence-electron chi connectivity index (χ4n) is 1.71. The maximum absolute atomic E-state index is 5.14. The molecule has 0 aliphatic carbocycles. The van der Waals surface area contributed by atoms with Crippen LogP contribution in [0.3, 0.4) is 0 Å². The standard InChI is InChI=1S/C14H16N4S/c15-17-14(19)18-16-10-11-6-8-13(9-7-11)12-4-2-1-3-5-12/h1-9,16H,10,15H2,(H2,17,18,19). The van der Waals surface area contributed by atoms with Gasteiger partial charge in [-0.1, -0.05) is 54.6 Å². The van der Waals surface area contributed by atoms with Crippen LogP contribution in [0.15, 0.2) is 54.6 Å². The maximum Gasteiger partial charge on any atom is 0.195 e. The smallest absolute Gasteiger partial charge is 0.195 e. The summed E-state index contributed by atoms with van der Waals surface area (Å²) in [5.74, 6) is 5.14. The molecular formula is C14H16N4S. The van der Waals surface area contributed by atoms with Gasteiger partial charge in [-0.05, 0) is 28.9 Å². The lowest BCUT2D eigenvalue weighted by molar-refractivity contribution is 0.644. The lowest BCUT2D eigenvalue weighted by Gasteiger charge is -2.09. The molecule has 0 aliphatic rings. The number of hydrogen-bond donors (Lipinski definition) is 4. The Bertz CT molecular complexity index is 525. The Morgan fingerprint density at radius 1 is 0.947 bits per heavy atom. The molecule has 98 valence electrons. The minimum absolute atomic E-state index is 0.362. The molecule has 0 bridgehead atoms. The first kappa shape index (κ1) is 13.5. The van der Waals surface area contributed by atoms with E-state index in [9.17, 15) is 0 Å². The van der Waals surface area contributed by atoms with E-state index in [1.165, 1.54) is 11.1 Å². The Hall–Kier alpha value is -1.95. The number of thiocarbonyl (C=S) groups is 1. The van der Waals surface area contributed by atoms with Gasteiger partial charge in [0.25, 0.3) is 0 Å². The molecule has 0 saturated heterocycles. The van der Waals surface area contributed by atoms with Crippen molar-refractivity contribution in [3.63, 3.8) is 0 Å². The second-order valence-corrected chi connectivity index (χ2v) is 4.42. The fourth-order valence-corrected chi connectivity index (χ4v) is 1.78. The zero-order chi connectivity index (χ0) is 13.5. The molecule has 0 aliphatic heterocycles. The van der Waals surface area contributed by atoms with E-state index in [0.29, 0.717) is 11.7 Å². The quantitative estimate of drug-likeness (QED) is 0.388. The van der Waals surface area contributed by atoms with Crippen LogP contribution < -0.4 is 22.1 Å². The van der Waals surface area contributed by atoms with Crippen molar-refractivity contribution in [2.75, 3.05) is 0 Å². The van der Waals surface area contributed by atoms with Crippen LogP contribution >= 0.6 is 12.2 Å². The number of hydrogen-bond acceptors (Lipinski definition) is 3. The molecular weight excluding hydrogens is 256 g/mol. The monoisotopic (exact) mass is 272 g/mol. The molecule has 0 unspecified atom stereocenters. The second kappa shape index (κ2) is 6.84. The molecule has 2 aromatic carbocycles. The van der Waals surface area contributed by atoms with Crippen LogP contribution in [-0.4, -0.2) is 5.11 Å². The average molecular weight is 272 g/mol. The Morgan fingerprint density at radius 3 is 2.21 bits per heavy atom. The fraction of sp³-hybridized carbons (Fsp3) is 0.0714. The van der Waals surface area contributed by atoms with Crippen LogP contribution in [0.5, 0.6) is 0 Å². The molecule has 0 heterocycles. The topological polar surface area (TPSA) is 62.1 Å². The van der Waals surface area contributed by atoms with Crippen molar-refractivity contribution in [2.24, 2.45) is 5.84 Å². The van der Waals surface area contributed by atoms with Crippen molar-refractivity contribution in [3.8, 4) is 11.1 Å². The van der Waals surface area contributed by atoms with Crippen LogP contribution in [0, 0.1) is 0 Å². The summed E-state index contributed by atoms with van der Waals surface area (Å²) in [5.41, 5.74) is 11.7. The van der Waals surface area contributed by atoms with Crippen LogP contribution in [0.25, 0.3) is 11.1 Å². The van der Waals surface area contributed by atoms with Crippen LogP contribution in [0.2, 0.25) is 0 Å². The van der Waals surface area contributed by atoms with Gasteiger partial charge in [0, 0.05) is 6.54 Å². The van der Waals surface area contributed by atoms with Crippen molar-refractivity contribution in [1.29, 1.82) is 0 Å². The highest BCUT2D eigenvalue weighted by atomic mass is 32.1. The first-order chi connectivity index (χ1) is 9.29. The van der Waals surface area contributed by atoms with E-state index in [0.717, 1.165) is 5.56 Å². The predicted octanol–water partition coefficient (Wildman–Crippen LogP) is 1.70. The average Bonchev–Trinajstić information content (AvgIpc) is 2.48. The SMILES string of the molecule is NNC(=S)NNCc1ccc(-c2ccccc2)cc1. The molecule has 0 amide bonds. The minimum Gasteiger partial charge on any atom is -0.300 e. The molecule has 0 radical (unpaired) electrons. The summed E-state index contributed by atoms with van der Waals surface area (Å²) in [7, 11) is 0. The van der Waals surface area contributed by atoms with Crippen molar-refractivity contribution in [2.45, 2.75) is 6.54 Å². The number of nitrogens with one attached hydrogen (secondary N) is 3. The van der Waals surface area contributed by atoms with Crippen molar-refractivity contribution >= 4 is 17.3 Å². The van der Waals surface area contributed by atoms with Gasteiger partial charge in [-0.3, -0.25) is 10.9 Å². The summed E-state index contributed by atoms with van der Waals surface area (Å²) in [6.45, 7) is 0.664. The summed E-state index contributed by atoms with van der Waals surface area (Å²) < 4.78 is 0. The number of nitrogens with two attached hydrogens (primary N) is 1. The maximum atomic E-state index is 5.14. The molecule has 0 fully saturated rings. The summed E-state index contributed by atoms with van der Waals surface area (Å²) in [6.07, 6.45) is 0. The van der Waals surface area contributed by atoms with Gasteiger partial charge in [0.05, 0.1) is 0 Å². The molecule has 0 spiro atoms. The van der Waals surface area contributed by atoms with Crippen LogP contribution in [-0.2, 0) is 6.54 Å². The third-order valence-corrected chi connectivity index (χ3v) is 2.91. The van der Waals surface area contributed by atoms with Crippen molar-refractivity contribution in [1.82, 2.24) is 16.3 Å². The third-order valence-electron chi connectivity index (χ3n) is 2.69. The van der Waals surface area contributed by atoms with Crippen molar-refractivity contribution < 1.29 is 0 Å². The summed E-state index contributed by atoms with van der Waals surface area (Å²) in [4.78, 5) is 0. The highest BCUT2D eigenvalue weighted by Gasteiger charge is 1.97. The van der Waals surface area contributed by atoms with Gasteiger partial charge >= 0.3 is 0 Å². The number of hydrazine groups is 2. The largest absolute Gasteiger partial charge is 0.300 e. The van der Waals surface area contributed by atoms with Gasteiger partial charge in [-0.2, -0.15) is 0 Å². The molecule has 0 aromatic heterocycles. The molecule has 5 heteroatoms. The van der Waals surface area contributed by atoms with E-state index in [1.54, 1.807) is 0 Å². The Balaban J connectivity index is 1.94. The summed E-state index contributed by atoms with van der Waals surface area (Å²) in [6, 6.07) is 18.6. The third kappa shape index (κ3) is 4.03. The van der Waals surface area contributed by atoms with E-state index in [1.807, 2.05) is 18.2 Å². The normalized spacial score (nSPS) is 9.95. The van der Waals surface area contributed by atoms with Crippen LogP contribution in [0.1, 0.15) is 5.56 Å². The summed E-state index contributed by atoms with van der Waals surface area (Å²) >= 11 is 4.85. The molecule has 4 nitrogen and oxygen atoms in total. The summed E-state index contributed by atoms with van der Waals surface area (Å²) in [5, 5.41) is 0.362. The number of rotatable bonds is 4. The molecule has 2 aromatic rings. The van der Waals surface area contributed by atoms with Gasteiger partial charge < -0.3 is 0 Å².